The van der Waals surface area contributed by atoms with Gasteiger partial charge in [-0.05, 0) is 95.9 Å². The Balaban J connectivity index is 1.34. The Bertz CT molecular complexity index is 2080. The lowest BCUT2D eigenvalue weighted by molar-refractivity contribution is -0.143. The van der Waals surface area contributed by atoms with Crippen LogP contribution in [0, 0.1) is 5.82 Å². The summed E-state index contributed by atoms with van der Waals surface area (Å²) >= 11 is 0. The maximum Gasteiger partial charge on any atom is 0.261 e. The predicted octanol–water partition coefficient (Wildman–Crippen LogP) is 6.16. The molecule has 2 amide bonds. The van der Waals surface area contributed by atoms with E-state index in [0.29, 0.717) is 29.2 Å². The number of rotatable bonds is 17. The molecule has 5 rings (SSSR count). The molecular formula is C40H40FN3O8S. The Morgan fingerprint density at radius 1 is 0.736 bits per heavy atom. The number of sulfonamides is 1. The Labute approximate surface area is 308 Å². The first-order chi connectivity index (χ1) is 25.6. The van der Waals surface area contributed by atoms with Crippen molar-refractivity contribution in [3.05, 3.63) is 144 Å². The molecule has 1 atom stereocenters. The van der Waals surface area contributed by atoms with Crippen LogP contribution in [0.2, 0.25) is 0 Å². The van der Waals surface area contributed by atoms with Gasteiger partial charge in [-0.15, -0.1) is 0 Å². The Hall–Kier alpha value is -6.08. The molecule has 0 aromatic heterocycles. The number of halogens is 1. The Morgan fingerprint density at radius 3 is 2.02 bits per heavy atom. The van der Waals surface area contributed by atoms with Crippen LogP contribution in [-0.2, 0) is 32.6 Å². The second-order valence-electron chi connectivity index (χ2n) is 11.8. The van der Waals surface area contributed by atoms with Crippen molar-refractivity contribution in [2.24, 2.45) is 0 Å². The molecule has 5 aromatic rings. The summed E-state index contributed by atoms with van der Waals surface area (Å²) in [6.45, 7) is -0.0938. The summed E-state index contributed by atoms with van der Waals surface area (Å²) in [6, 6.07) is 31.1. The van der Waals surface area contributed by atoms with E-state index in [1.807, 2.05) is 30.3 Å². The molecule has 0 radical (unpaired) electrons. The molecule has 13 heteroatoms. The monoisotopic (exact) mass is 741 g/mol. The number of methoxy groups -OCH3 is 3. The van der Waals surface area contributed by atoms with Gasteiger partial charge in [0.05, 0.1) is 26.2 Å². The molecule has 0 heterocycles. The number of hydrogen-bond donors (Lipinski definition) is 2. The van der Waals surface area contributed by atoms with Crippen LogP contribution in [0.1, 0.15) is 22.7 Å². The van der Waals surface area contributed by atoms with E-state index in [1.165, 1.54) is 41.3 Å². The maximum atomic E-state index is 14.1. The minimum atomic E-state index is -3.98. The van der Waals surface area contributed by atoms with Gasteiger partial charge in [0, 0.05) is 18.8 Å². The minimum absolute atomic E-state index is 0.0597. The second-order valence-corrected chi connectivity index (χ2v) is 13.5. The number of anilines is 1. The van der Waals surface area contributed by atoms with Crippen LogP contribution in [0.5, 0.6) is 23.0 Å². The van der Waals surface area contributed by atoms with Gasteiger partial charge >= 0.3 is 0 Å². The summed E-state index contributed by atoms with van der Waals surface area (Å²) in [5.41, 5.74) is 2.47. The van der Waals surface area contributed by atoms with E-state index in [2.05, 4.69) is 10.0 Å². The zero-order valence-electron chi connectivity index (χ0n) is 29.5. The highest BCUT2D eigenvalue weighted by Gasteiger charge is 2.32. The van der Waals surface area contributed by atoms with E-state index in [-0.39, 0.29) is 35.3 Å². The van der Waals surface area contributed by atoms with E-state index >= 15 is 0 Å². The largest absolute Gasteiger partial charge is 0.497 e. The summed E-state index contributed by atoms with van der Waals surface area (Å²) in [6.07, 6.45) is 0.494. The van der Waals surface area contributed by atoms with Gasteiger partial charge in [-0.3, -0.25) is 14.3 Å². The second kappa shape index (κ2) is 17.9. The highest BCUT2D eigenvalue weighted by atomic mass is 32.2. The fourth-order valence-corrected chi connectivity index (χ4v) is 6.56. The highest BCUT2D eigenvalue weighted by Crippen LogP contribution is 2.29. The number of hydrogen-bond acceptors (Lipinski definition) is 8. The number of benzene rings is 5. The molecule has 53 heavy (non-hydrogen) atoms. The van der Waals surface area contributed by atoms with Crippen LogP contribution in [-0.4, -0.2) is 59.6 Å². The van der Waals surface area contributed by atoms with Crippen LogP contribution in [0.4, 0.5) is 10.1 Å². The summed E-state index contributed by atoms with van der Waals surface area (Å²) in [5.74, 6) is 0.682. The third kappa shape index (κ3) is 10.3. The molecule has 2 N–H and O–H groups in total. The van der Waals surface area contributed by atoms with E-state index in [1.54, 1.807) is 63.8 Å². The summed E-state index contributed by atoms with van der Waals surface area (Å²) in [5, 5.41) is 3.00. The smallest absolute Gasteiger partial charge is 0.261 e. The number of nitrogens with one attached hydrogen (secondary N) is 2. The van der Waals surface area contributed by atoms with E-state index in [0.717, 1.165) is 23.3 Å². The quantitative estimate of drug-likeness (QED) is 0.116. The zero-order valence-corrected chi connectivity index (χ0v) is 30.3. The Kier molecular flexibility index (Phi) is 12.9. The third-order valence-electron chi connectivity index (χ3n) is 8.26. The fourth-order valence-electron chi connectivity index (χ4n) is 5.50. The number of carbonyl (C=O) groups excluding carboxylic acids is 2. The molecule has 1 unspecified atom stereocenters. The van der Waals surface area contributed by atoms with Crippen molar-refractivity contribution in [2.45, 2.75) is 23.9 Å². The first-order valence-electron chi connectivity index (χ1n) is 16.6. The SMILES string of the molecule is COc1ccc(CN(C(=O)COc2ccc(S(=O)(=O)Nc3ccc(F)cc3)cc2)C(C(=O)NCCc2ccc(OC)c(OC)c2)c2ccccc2)cc1. The molecule has 0 saturated carbocycles. The van der Waals surface area contributed by atoms with E-state index < -0.39 is 34.4 Å². The average molecular weight is 742 g/mol. The van der Waals surface area contributed by atoms with Gasteiger partial charge < -0.3 is 29.2 Å². The maximum absolute atomic E-state index is 14.1. The van der Waals surface area contributed by atoms with Gasteiger partial charge in [0.15, 0.2) is 18.1 Å². The molecule has 0 bridgehead atoms. The minimum Gasteiger partial charge on any atom is -0.497 e. The molecule has 0 spiro atoms. The molecule has 11 nitrogen and oxygen atoms in total. The van der Waals surface area contributed by atoms with Crippen molar-refractivity contribution in [1.82, 2.24) is 10.2 Å². The van der Waals surface area contributed by atoms with Crippen molar-refractivity contribution in [3.63, 3.8) is 0 Å². The van der Waals surface area contributed by atoms with Gasteiger partial charge in [-0.1, -0.05) is 48.5 Å². The molecular weight excluding hydrogens is 702 g/mol. The molecule has 0 aliphatic carbocycles. The lowest BCUT2D eigenvalue weighted by Crippen LogP contribution is -2.45. The predicted molar refractivity (Wildman–Crippen MR) is 198 cm³/mol. The number of ether oxygens (including phenoxy) is 4. The standard InChI is InChI=1S/C40H40FN3O8S/c1-49-33-16-9-29(10-17-33)26-44(38(45)27-52-34-18-20-35(21-19-34)53(47,48)43-32-14-12-31(41)13-15-32)39(30-7-5-4-6-8-30)40(46)42-24-23-28-11-22-36(50-2)37(25-28)51-3/h4-22,25,39,43H,23-24,26-27H2,1-3H3,(H,42,46). The van der Waals surface area contributed by atoms with E-state index in [9.17, 15) is 22.4 Å². The number of amides is 2. The van der Waals surface area contributed by atoms with Crippen molar-refractivity contribution >= 4 is 27.5 Å². The number of carbonyl (C=O) groups is 2. The van der Waals surface area contributed by atoms with Crippen LogP contribution < -0.4 is 29.0 Å². The summed E-state index contributed by atoms with van der Waals surface area (Å²) in [4.78, 5) is 29.5. The number of nitrogens with zero attached hydrogens (tertiary/aromatic N) is 1. The Morgan fingerprint density at radius 2 is 1.38 bits per heavy atom. The van der Waals surface area contributed by atoms with Crippen LogP contribution in [0.3, 0.4) is 0 Å². The molecule has 0 aliphatic heterocycles. The molecule has 0 aliphatic rings. The van der Waals surface area contributed by atoms with Gasteiger partial charge in [0.25, 0.3) is 15.9 Å². The fraction of sp³-hybridized carbons (Fsp3) is 0.200. The van der Waals surface area contributed by atoms with Crippen molar-refractivity contribution < 1.29 is 41.3 Å². The normalized spacial score (nSPS) is 11.5. The van der Waals surface area contributed by atoms with Crippen molar-refractivity contribution in [3.8, 4) is 23.0 Å². The van der Waals surface area contributed by atoms with E-state index in [4.69, 9.17) is 18.9 Å². The third-order valence-corrected chi connectivity index (χ3v) is 9.66. The van der Waals surface area contributed by atoms with Crippen molar-refractivity contribution in [2.75, 3.05) is 39.2 Å². The highest BCUT2D eigenvalue weighted by molar-refractivity contribution is 7.92. The van der Waals surface area contributed by atoms with Crippen LogP contribution >= 0.6 is 0 Å². The lowest BCUT2D eigenvalue weighted by Gasteiger charge is -2.31. The van der Waals surface area contributed by atoms with Crippen LogP contribution in [0.15, 0.2) is 126 Å². The molecule has 0 fully saturated rings. The topological polar surface area (TPSA) is 132 Å². The average Bonchev–Trinajstić information content (AvgIpc) is 3.18. The molecule has 0 saturated heterocycles. The lowest BCUT2D eigenvalue weighted by atomic mass is 10.0. The zero-order chi connectivity index (χ0) is 37.8. The first kappa shape index (κ1) is 38.2. The van der Waals surface area contributed by atoms with Gasteiger partial charge in [0.1, 0.15) is 23.4 Å². The van der Waals surface area contributed by atoms with Gasteiger partial charge in [-0.25, -0.2) is 12.8 Å². The van der Waals surface area contributed by atoms with Gasteiger partial charge in [-0.2, -0.15) is 0 Å². The van der Waals surface area contributed by atoms with Gasteiger partial charge in [0.2, 0.25) is 5.91 Å². The first-order valence-corrected chi connectivity index (χ1v) is 18.1. The molecule has 276 valence electrons. The van der Waals surface area contributed by atoms with Crippen LogP contribution in [0.25, 0.3) is 0 Å². The summed E-state index contributed by atoms with van der Waals surface area (Å²) < 4.78 is 63.3. The molecule has 5 aromatic carbocycles. The summed E-state index contributed by atoms with van der Waals surface area (Å²) in [7, 11) is 0.697. The van der Waals surface area contributed by atoms with Crippen molar-refractivity contribution in [1.29, 1.82) is 0 Å².